The molecule has 3 rings (SSSR count). The lowest BCUT2D eigenvalue weighted by molar-refractivity contribution is -0.115. The Morgan fingerprint density at radius 1 is 1.19 bits per heavy atom. The molecule has 0 radical (unpaired) electrons. The molecule has 0 bridgehead atoms. The maximum atomic E-state index is 12.3. The number of hydrogen-bond donors (Lipinski definition) is 1. The maximum Gasteiger partial charge on any atom is 0.238 e. The molecule has 1 aliphatic rings. The Morgan fingerprint density at radius 3 is 2.62 bits per heavy atom. The molecule has 1 amide bonds. The summed E-state index contributed by atoms with van der Waals surface area (Å²) in [6.45, 7) is 0. The molecule has 1 heterocycles. The fourth-order valence-corrected chi connectivity index (χ4v) is 3.59. The lowest BCUT2D eigenvalue weighted by atomic mass is 10.1. The SMILES string of the molecule is COc1ccccc1N1C(=O)CSC1c1ccc(N)cc1. The van der Waals surface area contributed by atoms with E-state index in [0.717, 1.165) is 16.9 Å². The first-order valence-electron chi connectivity index (χ1n) is 6.63. The van der Waals surface area contributed by atoms with Crippen molar-refractivity contribution in [2.45, 2.75) is 5.37 Å². The van der Waals surface area contributed by atoms with Crippen LogP contribution < -0.4 is 15.4 Å². The number of nitrogens with two attached hydrogens (primary N) is 1. The van der Waals surface area contributed by atoms with Crippen LogP contribution in [-0.2, 0) is 4.79 Å². The van der Waals surface area contributed by atoms with E-state index >= 15 is 0 Å². The van der Waals surface area contributed by atoms with Crippen LogP contribution in [0.25, 0.3) is 0 Å². The molecule has 1 saturated heterocycles. The third-order valence-corrected chi connectivity index (χ3v) is 4.65. The number of thioether (sulfide) groups is 1. The highest BCUT2D eigenvalue weighted by molar-refractivity contribution is 8.00. The zero-order valence-corrected chi connectivity index (χ0v) is 12.5. The van der Waals surface area contributed by atoms with Gasteiger partial charge in [0.15, 0.2) is 0 Å². The number of nitrogen functional groups attached to an aromatic ring is 1. The molecule has 0 aliphatic carbocycles. The first kappa shape index (κ1) is 13.8. The number of benzene rings is 2. The van der Waals surface area contributed by atoms with E-state index in [1.54, 1.807) is 23.8 Å². The Labute approximate surface area is 127 Å². The van der Waals surface area contributed by atoms with Gasteiger partial charge in [-0.25, -0.2) is 0 Å². The molecule has 1 aliphatic heterocycles. The second-order valence-electron chi connectivity index (χ2n) is 4.77. The van der Waals surface area contributed by atoms with Crippen LogP contribution in [0.2, 0.25) is 0 Å². The van der Waals surface area contributed by atoms with E-state index in [1.807, 2.05) is 48.5 Å². The van der Waals surface area contributed by atoms with Crippen LogP contribution in [0.1, 0.15) is 10.9 Å². The number of rotatable bonds is 3. The zero-order valence-electron chi connectivity index (χ0n) is 11.7. The van der Waals surface area contributed by atoms with Crippen molar-refractivity contribution in [3.05, 3.63) is 54.1 Å². The summed E-state index contributed by atoms with van der Waals surface area (Å²) in [6.07, 6.45) is 0. The molecule has 4 nitrogen and oxygen atoms in total. The Balaban J connectivity index is 2.01. The predicted molar refractivity (Wildman–Crippen MR) is 86.5 cm³/mol. The van der Waals surface area contributed by atoms with Crippen molar-refractivity contribution in [2.24, 2.45) is 0 Å². The Kier molecular flexibility index (Phi) is 3.75. The summed E-state index contributed by atoms with van der Waals surface area (Å²) in [5.74, 6) is 1.26. The van der Waals surface area contributed by atoms with Crippen molar-refractivity contribution < 1.29 is 9.53 Å². The van der Waals surface area contributed by atoms with E-state index in [2.05, 4.69) is 0 Å². The summed E-state index contributed by atoms with van der Waals surface area (Å²) in [5.41, 5.74) is 8.32. The monoisotopic (exact) mass is 300 g/mol. The van der Waals surface area contributed by atoms with Crippen LogP contribution >= 0.6 is 11.8 Å². The Bertz CT molecular complexity index is 658. The fraction of sp³-hybridized carbons (Fsp3) is 0.188. The molecular weight excluding hydrogens is 284 g/mol. The Morgan fingerprint density at radius 2 is 1.90 bits per heavy atom. The number of nitrogens with zero attached hydrogens (tertiary/aromatic N) is 1. The van der Waals surface area contributed by atoms with Crippen molar-refractivity contribution in [2.75, 3.05) is 23.5 Å². The summed E-state index contributed by atoms with van der Waals surface area (Å²) in [5, 5.41) is -0.0469. The molecule has 1 fully saturated rings. The average Bonchev–Trinajstić information content (AvgIpc) is 2.89. The van der Waals surface area contributed by atoms with Crippen LogP contribution in [0.3, 0.4) is 0 Å². The summed E-state index contributed by atoms with van der Waals surface area (Å²) >= 11 is 1.61. The van der Waals surface area contributed by atoms with Gasteiger partial charge in [-0.3, -0.25) is 9.69 Å². The minimum Gasteiger partial charge on any atom is -0.495 e. The van der Waals surface area contributed by atoms with Crippen molar-refractivity contribution in [3.63, 3.8) is 0 Å². The van der Waals surface area contributed by atoms with Crippen LogP contribution in [-0.4, -0.2) is 18.8 Å². The van der Waals surface area contributed by atoms with E-state index in [0.29, 0.717) is 11.5 Å². The normalized spacial score (nSPS) is 18.0. The molecule has 0 spiro atoms. The maximum absolute atomic E-state index is 12.3. The second kappa shape index (κ2) is 5.69. The van der Waals surface area contributed by atoms with Gasteiger partial charge in [-0.05, 0) is 29.8 Å². The minimum absolute atomic E-state index is 0.0469. The highest BCUT2D eigenvalue weighted by Crippen LogP contribution is 2.44. The van der Waals surface area contributed by atoms with Crippen LogP contribution in [0.4, 0.5) is 11.4 Å². The summed E-state index contributed by atoms with van der Waals surface area (Å²) in [7, 11) is 1.62. The van der Waals surface area contributed by atoms with Crippen LogP contribution in [0, 0.1) is 0 Å². The molecule has 108 valence electrons. The summed E-state index contributed by atoms with van der Waals surface area (Å²) < 4.78 is 5.39. The van der Waals surface area contributed by atoms with Gasteiger partial charge in [-0.15, -0.1) is 11.8 Å². The van der Waals surface area contributed by atoms with Gasteiger partial charge in [0.1, 0.15) is 11.1 Å². The molecule has 0 saturated carbocycles. The highest BCUT2D eigenvalue weighted by atomic mass is 32.2. The van der Waals surface area contributed by atoms with Crippen molar-refractivity contribution in [1.82, 2.24) is 0 Å². The lowest BCUT2D eigenvalue weighted by Gasteiger charge is -2.25. The molecular formula is C16H16N2O2S. The first-order chi connectivity index (χ1) is 10.2. The summed E-state index contributed by atoms with van der Waals surface area (Å²) in [4.78, 5) is 14.1. The van der Waals surface area contributed by atoms with Gasteiger partial charge in [-0.1, -0.05) is 24.3 Å². The van der Waals surface area contributed by atoms with Gasteiger partial charge in [0.05, 0.1) is 18.6 Å². The number of carbonyl (C=O) groups excluding carboxylic acids is 1. The fourth-order valence-electron chi connectivity index (χ4n) is 2.42. The largest absolute Gasteiger partial charge is 0.495 e. The highest BCUT2D eigenvalue weighted by Gasteiger charge is 2.35. The van der Waals surface area contributed by atoms with E-state index in [-0.39, 0.29) is 11.3 Å². The molecule has 1 unspecified atom stereocenters. The lowest BCUT2D eigenvalue weighted by Crippen LogP contribution is -2.28. The number of methoxy groups -OCH3 is 1. The topological polar surface area (TPSA) is 55.6 Å². The first-order valence-corrected chi connectivity index (χ1v) is 7.67. The number of ether oxygens (including phenoxy) is 1. The number of para-hydroxylation sites is 2. The van der Waals surface area contributed by atoms with E-state index < -0.39 is 0 Å². The van der Waals surface area contributed by atoms with E-state index in [1.165, 1.54) is 0 Å². The van der Waals surface area contributed by atoms with Gasteiger partial charge in [0.2, 0.25) is 5.91 Å². The van der Waals surface area contributed by atoms with Crippen molar-refractivity contribution in [1.29, 1.82) is 0 Å². The van der Waals surface area contributed by atoms with Gasteiger partial charge in [0, 0.05) is 5.69 Å². The average molecular weight is 300 g/mol. The standard InChI is InChI=1S/C16H16N2O2S/c1-20-14-5-3-2-4-13(14)18-15(19)10-21-16(18)11-6-8-12(17)9-7-11/h2-9,16H,10,17H2,1H3. The van der Waals surface area contributed by atoms with E-state index in [4.69, 9.17) is 10.5 Å². The number of amides is 1. The zero-order chi connectivity index (χ0) is 14.8. The van der Waals surface area contributed by atoms with Gasteiger partial charge in [-0.2, -0.15) is 0 Å². The molecule has 2 N–H and O–H groups in total. The van der Waals surface area contributed by atoms with Crippen LogP contribution in [0.15, 0.2) is 48.5 Å². The molecule has 1 atom stereocenters. The number of anilines is 2. The van der Waals surface area contributed by atoms with Gasteiger partial charge in [0.25, 0.3) is 0 Å². The number of carbonyl (C=O) groups is 1. The van der Waals surface area contributed by atoms with Crippen molar-refractivity contribution in [3.8, 4) is 5.75 Å². The molecule has 2 aromatic rings. The Hall–Kier alpha value is -2.14. The van der Waals surface area contributed by atoms with E-state index in [9.17, 15) is 4.79 Å². The van der Waals surface area contributed by atoms with Crippen molar-refractivity contribution >= 4 is 29.0 Å². The molecule has 21 heavy (non-hydrogen) atoms. The number of hydrogen-bond acceptors (Lipinski definition) is 4. The summed E-state index contributed by atoms with van der Waals surface area (Å²) in [6, 6.07) is 15.2. The van der Waals surface area contributed by atoms with Gasteiger partial charge < -0.3 is 10.5 Å². The molecule has 0 aromatic heterocycles. The van der Waals surface area contributed by atoms with Gasteiger partial charge >= 0.3 is 0 Å². The predicted octanol–water partition coefficient (Wildman–Crippen LogP) is 3.06. The minimum atomic E-state index is -0.0469. The smallest absolute Gasteiger partial charge is 0.238 e. The molecule has 2 aromatic carbocycles. The third-order valence-electron chi connectivity index (χ3n) is 3.43. The quantitative estimate of drug-likeness (QED) is 0.885. The van der Waals surface area contributed by atoms with Crippen LogP contribution in [0.5, 0.6) is 5.75 Å². The third kappa shape index (κ3) is 2.56. The molecule has 5 heteroatoms. The second-order valence-corrected chi connectivity index (χ2v) is 5.83.